The van der Waals surface area contributed by atoms with E-state index in [2.05, 4.69) is 10.3 Å². The number of aromatic nitrogens is 1. The molecule has 2 N–H and O–H groups in total. The van der Waals surface area contributed by atoms with Crippen LogP contribution in [-0.4, -0.2) is 22.0 Å². The maximum absolute atomic E-state index is 12.6. The van der Waals surface area contributed by atoms with Crippen LogP contribution in [0.4, 0.5) is 0 Å². The molecule has 3 rings (SSSR count). The highest BCUT2D eigenvalue weighted by atomic mass is 35.5. The van der Waals surface area contributed by atoms with Gasteiger partial charge in [0.25, 0.3) is 5.91 Å². The number of aliphatic carboxylic acids is 1. The Kier molecular flexibility index (Phi) is 6.57. The van der Waals surface area contributed by atoms with Gasteiger partial charge in [-0.15, -0.1) is 11.3 Å². The van der Waals surface area contributed by atoms with Crippen LogP contribution in [0.1, 0.15) is 28.5 Å². The SMILES string of the molecule is O=C(O)CC(NC(=O)c1csc(-c2ccc(Cl)cc2)n1)c1ccc(Cl)cc1Cl. The van der Waals surface area contributed by atoms with Crippen molar-refractivity contribution in [3.8, 4) is 10.6 Å². The molecule has 2 aromatic carbocycles. The van der Waals surface area contributed by atoms with Crippen LogP contribution in [0.5, 0.6) is 0 Å². The number of benzene rings is 2. The third-order valence-electron chi connectivity index (χ3n) is 3.85. The standard InChI is InChI=1S/C19H13Cl3N2O3S/c20-11-3-1-10(2-4-11)19-24-16(9-28-19)18(27)23-15(8-17(25)26)13-6-5-12(21)7-14(13)22/h1-7,9,15H,8H2,(H,23,27)(H,25,26). The van der Waals surface area contributed by atoms with E-state index in [1.165, 1.54) is 17.4 Å². The predicted molar refractivity (Wildman–Crippen MR) is 111 cm³/mol. The van der Waals surface area contributed by atoms with Gasteiger partial charge in [-0.25, -0.2) is 4.98 Å². The number of carboxylic acids is 1. The van der Waals surface area contributed by atoms with Crippen molar-refractivity contribution >= 4 is 58.0 Å². The van der Waals surface area contributed by atoms with E-state index >= 15 is 0 Å². The average Bonchev–Trinajstić information content (AvgIpc) is 3.11. The Balaban J connectivity index is 1.82. The van der Waals surface area contributed by atoms with E-state index in [1.807, 2.05) is 12.1 Å². The summed E-state index contributed by atoms with van der Waals surface area (Å²) in [4.78, 5) is 28.2. The van der Waals surface area contributed by atoms with Gasteiger partial charge in [-0.05, 0) is 29.8 Å². The minimum Gasteiger partial charge on any atom is -0.481 e. The Morgan fingerprint density at radius 2 is 1.75 bits per heavy atom. The molecule has 0 aliphatic heterocycles. The number of hydrogen-bond donors (Lipinski definition) is 2. The summed E-state index contributed by atoms with van der Waals surface area (Å²) < 4.78 is 0. The molecular formula is C19H13Cl3N2O3S. The van der Waals surface area contributed by atoms with Crippen LogP contribution in [-0.2, 0) is 4.79 Å². The highest BCUT2D eigenvalue weighted by Crippen LogP contribution is 2.29. The zero-order valence-corrected chi connectivity index (χ0v) is 17.2. The molecule has 1 atom stereocenters. The van der Waals surface area contributed by atoms with Gasteiger partial charge in [0.2, 0.25) is 0 Å². The first-order chi connectivity index (χ1) is 13.3. The van der Waals surface area contributed by atoms with Gasteiger partial charge in [0, 0.05) is 26.0 Å². The van der Waals surface area contributed by atoms with Crippen LogP contribution in [0.15, 0.2) is 47.8 Å². The summed E-state index contributed by atoms with van der Waals surface area (Å²) >= 11 is 19.3. The van der Waals surface area contributed by atoms with Crippen LogP contribution < -0.4 is 5.32 Å². The summed E-state index contributed by atoms with van der Waals surface area (Å²) in [6, 6.07) is 11.0. The number of halogens is 3. The number of carbonyl (C=O) groups is 2. The highest BCUT2D eigenvalue weighted by Gasteiger charge is 2.22. The molecule has 0 aliphatic carbocycles. The molecule has 0 saturated carbocycles. The summed E-state index contributed by atoms with van der Waals surface area (Å²) in [6.07, 6.45) is -0.332. The van der Waals surface area contributed by atoms with E-state index in [1.54, 1.807) is 29.6 Å². The fourth-order valence-corrected chi connectivity index (χ4v) is 4.01. The number of hydrogen-bond acceptors (Lipinski definition) is 4. The fraction of sp³-hybridized carbons (Fsp3) is 0.105. The number of amides is 1. The molecule has 0 spiro atoms. The largest absolute Gasteiger partial charge is 0.481 e. The predicted octanol–water partition coefficient (Wildman–Crippen LogP) is 5.72. The molecule has 0 radical (unpaired) electrons. The van der Waals surface area contributed by atoms with E-state index in [9.17, 15) is 14.7 Å². The molecular weight excluding hydrogens is 443 g/mol. The molecule has 1 unspecified atom stereocenters. The number of carboxylic acid groups (broad SMARTS) is 1. The molecule has 1 amide bonds. The molecule has 28 heavy (non-hydrogen) atoms. The summed E-state index contributed by atoms with van der Waals surface area (Å²) in [5.41, 5.74) is 1.49. The normalized spacial score (nSPS) is 11.8. The van der Waals surface area contributed by atoms with Gasteiger partial charge in [0.05, 0.1) is 12.5 Å². The van der Waals surface area contributed by atoms with E-state index < -0.39 is 17.9 Å². The third-order valence-corrected chi connectivity index (χ3v) is 5.56. The lowest BCUT2D eigenvalue weighted by Gasteiger charge is -2.18. The Labute approximate surface area is 179 Å². The Hall–Kier alpha value is -2.12. The second kappa shape index (κ2) is 8.92. The van der Waals surface area contributed by atoms with Crippen LogP contribution in [0.25, 0.3) is 10.6 Å². The zero-order valence-electron chi connectivity index (χ0n) is 14.2. The van der Waals surface area contributed by atoms with Gasteiger partial charge in [0.1, 0.15) is 10.7 Å². The van der Waals surface area contributed by atoms with Gasteiger partial charge in [-0.1, -0.05) is 53.0 Å². The summed E-state index contributed by atoms with van der Waals surface area (Å²) in [7, 11) is 0. The van der Waals surface area contributed by atoms with Gasteiger partial charge in [-0.2, -0.15) is 0 Å². The minimum atomic E-state index is -1.07. The Morgan fingerprint density at radius 3 is 2.39 bits per heavy atom. The van der Waals surface area contributed by atoms with Crippen molar-refractivity contribution < 1.29 is 14.7 Å². The highest BCUT2D eigenvalue weighted by molar-refractivity contribution is 7.13. The number of carbonyl (C=O) groups excluding carboxylic acids is 1. The van der Waals surface area contributed by atoms with Crippen molar-refractivity contribution in [2.24, 2.45) is 0 Å². The van der Waals surface area contributed by atoms with Crippen LogP contribution >= 0.6 is 46.1 Å². The van der Waals surface area contributed by atoms with E-state index in [0.29, 0.717) is 20.6 Å². The molecule has 0 fully saturated rings. The average molecular weight is 456 g/mol. The van der Waals surface area contributed by atoms with Gasteiger partial charge in [-0.3, -0.25) is 9.59 Å². The first-order valence-corrected chi connectivity index (χ1v) is 10.0. The molecule has 3 aromatic rings. The number of rotatable bonds is 6. The molecule has 144 valence electrons. The number of nitrogens with zero attached hydrogens (tertiary/aromatic N) is 1. The summed E-state index contributed by atoms with van der Waals surface area (Å²) in [6.45, 7) is 0. The van der Waals surface area contributed by atoms with Gasteiger partial charge >= 0.3 is 5.97 Å². The molecule has 0 aliphatic rings. The lowest BCUT2D eigenvalue weighted by atomic mass is 10.0. The first kappa shape index (κ1) is 20.6. The van der Waals surface area contributed by atoms with Crippen molar-refractivity contribution in [2.75, 3.05) is 0 Å². The topological polar surface area (TPSA) is 79.3 Å². The monoisotopic (exact) mass is 454 g/mol. The van der Waals surface area contributed by atoms with Gasteiger partial charge in [0.15, 0.2) is 0 Å². The van der Waals surface area contributed by atoms with Crippen molar-refractivity contribution in [1.29, 1.82) is 0 Å². The molecule has 9 heteroatoms. The fourth-order valence-electron chi connectivity index (χ4n) is 2.53. The molecule has 5 nitrogen and oxygen atoms in total. The first-order valence-electron chi connectivity index (χ1n) is 8.02. The van der Waals surface area contributed by atoms with Crippen molar-refractivity contribution in [3.63, 3.8) is 0 Å². The van der Waals surface area contributed by atoms with Crippen molar-refractivity contribution in [3.05, 3.63) is 74.2 Å². The second-order valence-electron chi connectivity index (χ2n) is 5.83. The molecule has 0 saturated heterocycles. The minimum absolute atomic E-state index is 0.190. The van der Waals surface area contributed by atoms with Crippen LogP contribution in [0.3, 0.4) is 0 Å². The van der Waals surface area contributed by atoms with Gasteiger partial charge < -0.3 is 10.4 Å². The molecule has 1 heterocycles. The number of nitrogens with one attached hydrogen (secondary N) is 1. The van der Waals surface area contributed by atoms with E-state index in [4.69, 9.17) is 34.8 Å². The lowest BCUT2D eigenvalue weighted by Crippen LogP contribution is -2.30. The maximum Gasteiger partial charge on any atom is 0.305 e. The summed E-state index contributed by atoms with van der Waals surface area (Å²) in [5.74, 6) is -1.56. The second-order valence-corrected chi connectivity index (χ2v) is 7.97. The smallest absolute Gasteiger partial charge is 0.305 e. The lowest BCUT2D eigenvalue weighted by molar-refractivity contribution is -0.137. The number of thiazole rings is 1. The zero-order chi connectivity index (χ0) is 20.3. The van der Waals surface area contributed by atoms with E-state index in [0.717, 1.165) is 5.56 Å². The van der Waals surface area contributed by atoms with Crippen LogP contribution in [0, 0.1) is 0 Å². The van der Waals surface area contributed by atoms with Crippen LogP contribution in [0.2, 0.25) is 15.1 Å². The van der Waals surface area contributed by atoms with Crippen molar-refractivity contribution in [2.45, 2.75) is 12.5 Å². The molecule has 0 bridgehead atoms. The van der Waals surface area contributed by atoms with E-state index in [-0.39, 0.29) is 17.1 Å². The maximum atomic E-state index is 12.6. The Bertz CT molecular complexity index is 1020. The van der Waals surface area contributed by atoms with Crippen molar-refractivity contribution in [1.82, 2.24) is 10.3 Å². The third kappa shape index (κ3) is 5.02. The Morgan fingerprint density at radius 1 is 1.07 bits per heavy atom. The quantitative estimate of drug-likeness (QED) is 0.498. The summed E-state index contributed by atoms with van der Waals surface area (Å²) in [5, 5.41) is 15.5. The molecule has 1 aromatic heterocycles.